The molecule has 0 fully saturated rings. The third kappa shape index (κ3) is 15.8. The minimum Gasteiger partial charge on any atom is -0.210 e. The summed E-state index contributed by atoms with van der Waals surface area (Å²) in [4.78, 5) is 0. The predicted molar refractivity (Wildman–Crippen MR) is 33.0 cm³/mol. The van der Waals surface area contributed by atoms with Crippen molar-refractivity contribution in [3.8, 4) is 0 Å². The lowest BCUT2D eigenvalue weighted by Gasteiger charge is -2.02. The van der Waals surface area contributed by atoms with Crippen LogP contribution in [0.5, 0.6) is 0 Å². The summed E-state index contributed by atoms with van der Waals surface area (Å²) >= 11 is 0. The van der Waals surface area contributed by atoms with Crippen LogP contribution in [0, 0.1) is 0 Å². The van der Waals surface area contributed by atoms with Gasteiger partial charge in [-0.25, -0.2) is 13.2 Å². The van der Waals surface area contributed by atoms with E-state index in [0.29, 0.717) is 0 Å². The molecule has 0 atom stereocenters. The molecule has 0 aromatic rings. The Labute approximate surface area is 78.4 Å². The summed E-state index contributed by atoms with van der Waals surface area (Å²) in [7, 11) is 0. The fourth-order valence-corrected chi connectivity index (χ4v) is 0.175. The summed E-state index contributed by atoms with van der Waals surface area (Å²) < 4.78 is 97.1. The third-order valence-electron chi connectivity index (χ3n) is 0.693. The molecule has 0 aliphatic carbocycles. The number of allylic oxidation sites excluding steroid dienone is 1. The zero-order chi connectivity index (χ0) is 12.9. The molecule has 0 bridgehead atoms. The molecule has 0 amide bonds. The summed E-state index contributed by atoms with van der Waals surface area (Å²) in [5, 5.41) is 0. The first kappa shape index (κ1) is 16.5. The molecule has 92 valence electrons. The first-order valence-corrected chi connectivity index (χ1v) is 3.12. The van der Waals surface area contributed by atoms with Gasteiger partial charge in [0.15, 0.2) is 5.83 Å². The molecule has 0 rings (SSSR count). The van der Waals surface area contributed by atoms with Crippen molar-refractivity contribution in [1.82, 2.24) is 0 Å². The lowest BCUT2D eigenvalue weighted by molar-refractivity contribution is -0.158. The van der Waals surface area contributed by atoms with Gasteiger partial charge in [0.2, 0.25) is 6.43 Å². The van der Waals surface area contributed by atoms with Gasteiger partial charge < -0.3 is 0 Å². The quantitative estimate of drug-likeness (QED) is 0.609. The Balaban J connectivity index is 0. The number of hydrogen-bond donors (Lipinski definition) is 0. The van der Waals surface area contributed by atoms with E-state index in [1.807, 2.05) is 6.58 Å². The van der Waals surface area contributed by atoms with Gasteiger partial charge in [-0.3, -0.25) is 0 Å². The summed E-state index contributed by atoms with van der Waals surface area (Å²) in [6.45, 7) is 2.03. The fraction of sp³-hybridized carbons (Fsp3) is 0.667. The van der Waals surface area contributed by atoms with Gasteiger partial charge in [0, 0.05) is 0 Å². The van der Waals surface area contributed by atoms with Crippen LogP contribution in [0.4, 0.5) is 39.5 Å². The molecule has 0 radical (unpaired) electrons. The highest BCUT2D eigenvalue weighted by Gasteiger charge is 2.32. The van der Waals surface area contributed by atoms with Gasteiger partial charge in [0.05, 0.1) is 0 Å². The molecular weight excluding hydrogens is 243 g/mol. The summed E-state index contributed by atoms with van der Waals surface area (Å²) in [5.41, 5.74) is 0. The normalized spacial score (nSPS) is 12.1. The Morgan fingerprint density at radius 2 is 1.27 bits per heavy atom. The zero-order valence-corrected chi connectivity index (χ0v) is 6.89. The van der Waals surface area contributed by atoms with Crippen LogP contribution >= 0.6 is 0 Å². The van der Waals surface area contributed by atoms with Crippen LogP contribution in [0.25, 0.3) is 0 Å². The van der Waals surface area contributed by atoms with E-state index >= 15 is 0 Å². The Bertz CT molecular complexity index is 186. The summed E-state index contributed by atoms with van der Waals surface area (Å²) in [6.07, 6.45) is -14.9. The first-order valence-electron chi connectivity index (χ1n) is 3.12. The van der Waals surface area contributed by atoms with E-state index < -0.39 is 31.0 Å². The van der Waals surface area contributed by atoms with Gasteiger partial charge in [-0.15, -0.1) is 0 Å². The summed E-state index contributed by atoms with van der Waals surface area (Å²) in [6, 6.07) is 0. The van der Waals surface area contributed by atoms with Crippen molar-refractivity contribution in [2.45, 2.75) is 25.2 Å². The van der Waals surface area contributed by atoms with Crippen molar-refractivity contribution < 1.29 is 39.5 Å². The van der Waals surface area contributed by atoms with Crippen molar-refractivity contribution in [2.24, 2.45) is 0 Å². The van der Waals surface area contributed by atoms with Crippen molar-refractivity contribution >= 4 is 0 Å². The van der Waals surface area contributed by atoms with E-state index in [2.05, 4.69) is 0 Å². The molecule has 0 spiro atoms. The van der Waals surface area contributed by atoms with E-state index in [4.69, 9.17) is 0 Å². The average Bonchev–Trinajstić information content (AvgIpc) is 1.78. The van der Waals surface area contributed by atoms with E-state index in [1.54, 1.807) is 0 Å². The van der Waals surface area contributed by atoms with Gasteiger partial charge in [0.1, 0.15) is 6.42 Å². The molecule has 0 saturated heterocycles. The number of halogens is 9. The van der Waals surface area contributed by atoms with Gasteiger partial charge in [-0.05, 0) is 0 Å². The topological polar surface area (TPSA) is 0 Å². The first-order chi connectivity index (χ1) is 6.36. The standard InChI is InChI=1S/C3H3F5.C3H2F4/c4-2(5)1-3(6,7)8;1-2(4)3(5,6)7/h2H,1H2;1H2. The zero-order valence-electron chi connectivity index (χ0n) is 6.89. The minimum atomic E-state index is -4.86. The molecule has 0 nitrogen and oxygen atoms in total. The van der Waals surface area contributed by atoms with Crippen LogP contribution in [0.3, 0.4) is 0 Å². The van der Waals surface area contributed by atoms with Crippen molar-refractivity contribution in [3.05, 3.63) is 12.4 Å². The molecule has 0 aromatic carbocycles. The molecule has 0 N–H and O–H groups in total. The second kappa shape index (κ2) is 5.86. The molecule has 0 aliphatic rings. The number of rotatable bonds is 1. The second-order valence-corrected chi connectivity index (χ2v) is 2.11. The molecule has 9 heteroatoms. The summed E-state index contributed by atoms with van der Waals surface area (Å²) in [5.74, 6) is -2.26. The van der Waals surface area contributed by atoms with E-state index in [-0.39, 0.29) is 0 Å². The molecule has 0 aliphatic heterocycles. The highest BCUT2D eigenvalue weighted by atomic mass is 19.4. The second-order valence-electron chi connectivity index (χ2n) is 2.11. The highest BCUT2D eigenvalue weighted by molar-refractivity contribution is 4.88. The average molecular weight is 248 g/mol. The largest absolute Gasteiger partial charge is 0.442 e. The Morgan fingerprint density at radius 3 is 1.27 bits per heavy atom. The van der Waals surface area contributed by atoms with E-state index in [0.717, 1.165) is 0 Å². The van der Waals surface area contributed by atoms with Gasteiger partial charge in [-0.1, -0.05) is 6.58 Å². The minimum absolute atomic E-state index is 2.01. The smallest absolute Gasteiger partial charge is 0.210 e. The monoisotopic (exact) mass is 248 g/mol. The molecule has 0 aromatic heterocycles. The Kier molecular flexibility index (Phi) is 6.46. The van der Waals surface area contributed by atoms with Crippen molar-refractivity contribution in [1.29, 1.82) is 0 Å². The van der Waals surface area contributed by atoms with Crippen LogP contribution in [0.1, 0.15) is 6.42 Å². The third-order valence-corrected chi connectivity index (χ3v) is 0.693. The van der Waals surface area contributed by atoms with Crippen molar-refractivity contribution in [3.63, 3.8) is 0 Å². The lowest BCUT2D eigenvalue weighted by Crippen LogP contribution is -2.12. The molecule has 15 heavy (non-hydrogen) atoms. The SMILES string of the molecule is C=C(F)C(F)(F)F.FC(F)CC(F)(F)F. The van der Waals surface area contributed by atoms with Gasteiger partial charge in [0.25, 0.3) is 0 Å². The van der Waals surface area contributed by atoms with E-state index in [1.165, 1.54) is 0 Å². The van der Waals surface area contributed by atoms with Gasteiger partial charge >= 0.3 is 12.4 Å². The number of hydrogen-bond acceptors (Lipinski definition) is 0. The molecule has 0 unspecified atom stereocenters. The van der Waals surface area contributed by atoms with E-state index in [9.17, 15) is 39.5 Å². The molecule has 0 heterocycles. The predicted octanol–water partition coefficient (Wildman–Crippen LogP) is 4.24. The molecular formula is C6H5F9. The van der Waals surface area contributed by atoms with Gasteiger partial charge in [-0.2, -0.15) is 26.3 Å². The molecule has 0 saturated carbocycles. The fourth-order valence-electron chi connectivity index (χ4n) is 0.175. The Hall–Kier alpha value is -0.890. The maximum atomic E-state index is 10.9. The lowest BCUT2D eigenvalue weighted by atomic mass is 10.4. The van der Waals surface area contributed by atoms with Crippen LogP contribution in [0.15, 0.2) is 12.4 Å². The maximum absolute atomic E-state index is 10.9. The van der Waals surface area contributed by atoms with Crippen LogP contribution in [-0.4, -0.2) is 18.8 Å². The highest BCUT2D eigenvalue weighted by Crippen LogP contribution is 2.24. The van der Waals surface area contributed by atoms with Crippen LogP contribution in [0.2, 0.25) is 0 Å². The van der Waals surface area contributed by atoms with Crippen molar-refractivity contribution in [2.75, 3.05) is 0 Å². The Morgan fingerprint density at radius 1 is 1.00 bits per heavy atom. The van der Waals surface area contributed by atoms with Crippen LogP contribution in [-0.2, 0) is 0 Å². The number of alkyl halides is 8. The maximum Gasteiger partial charge on any atom is 0.442 e. The van der Waals surface area contributed by atoms with Crippen LogP contribution < -0.4 is 0 Å².